The Labute approximate surface area is 106 Å². The normalized spacial score (nSPS) is 31.7. The van der Waals surface area contributed by atoms with Crippen LogP contribution in [-0.4, -0.2) is 36.6 Å². The fraction of sp³-hybridized carbons (Fsp3) is 0.571. The quantitative estimate of drug-likeness (QED) is 0.873. The number of phenols is 1. The molecule has 4 heteroatoms. The SMILES string of the molecule is Oc1ccccc1OC1CCOC2(CCOC2)C1. The Hall–Kier alpha value is -1.26. The Bertz CT molecular complexity index is 412. The third kappa shape index (κ3) is 2.31. The predicted octanol–water partition coefficient (Wildman–Crippen LogP) is 2.11. The van der Waals surface area contributed by atoms with E-state index in [4.69, 9.17) is 14.2 Å². The van der Waals surface area contributed by atoms with Gasteiger partial charge in [-0.05, 0) is 12.1 Å². The zero-order valence-corrected chi connectivity index (χ0v) is 10.3. The molecule has 1 N–H and O–H groups in total. The molecule has 0 amide bonds. The summed E-state index contributed by atoms with van der Waals surface area (Å²) in [6.45, 7) is 2.12. The number of para-hydroxylation sites is 2. The highest BCUT2D eigenvalue weighted by Gasteiger charge is 2.41. The number of rotatable bonds is 2. The summed E-state index contributed by atoms with van der Waals surface area (Å²) in [5, 5.41) is 9.72. The summed E-state index contributed by atoms with van der Waals surface area (Å²) < 4.78 is 17.2. The highest BCUT2D eigenvalue weighted by molar-refractivity contribution is 5.38. The van der Waals surface area contributed by atoms with Crippen LogP contribution in [-0.2, 0) is 9.47 Å². The number of benzene rings is 1. The van der Waals surface area contributed by atoms with Gasteiger partial charge in [-0.1, -0.05) is 12.1 Å². The molecule has 2 saturated heterocycles. The lowest BCUT2D eigenvalue weighted by Crippen LogP contribution is -2.44. The highest BCUT2D eigenvalue weighted by Crippen LogP contribution is 2.36. The van der Waals surface area contributed by atoms with Gasteiger partial charge in [0.2, 0.25) is 0 Å². The van der Waals surface area contributed by atoms with Crippen LogP contribution in [0.25, 0.3) is 0 Å². The van der Waals surface area contributed by atoms with Gasteiger partial charge in [0.05, 0.1) is 18.8 Å². The number of ether oxygens (including phenoxy) is 3. The van der Waals surface area contributed by atoms with E-state index >= 15 is 0 Å². The molecule has 1 spiro atoms. The van der Waals surface area contributed by atoms with Crippen molar-refractivity contribution in [2.45, 2.75) is 31.0 Å². The summed E-state index contributed by atoms with van der Waals surface area (Å²) in [5.74, 6) is 0.749. The van der Waals surface area contributed by atoms with Crippen molar-refractivity contribution in [2.24, 2.45) is 0 Å². The third-order valence-electron chi connectivity index (χ3n) is 3.67. The fourth-order valence-electron chi connectivity index (χ4n) is 2.68. The van der Waals surface area contributed by atoms with Crippen molar-refractivity contribution in [2.75, 3.05) is 19.8 Å². The zero-order valence-electron chi connectivity index (χ0n) is 10.3. The molecule has 2 aliphatic rings. The van der Waals surface area contributed by atoms with Crippen molar-refractivity contribution in [1.29, 1.82) is 0 Å². The van der Waals surface area contributed by atoms with Gasteiger partial charge in [0.15, 0.2) is 11.5 Å². The molecule has 3 rings (SSSR count). The lowest BCUT2D eigenvalue weighted by atomic mass is 9.91. The summed E-state index contributed by atoms with van der Waals surface area (Å²) in [4.78, 5) is 0. The molecular weight excluding hydrogens is 232 g/mol. The van der Waals surface area contributed by atoms with Crippen molar-refractivity contribution in [3.8, 4) is 11.5 Å². The monoisotopic (exact) mass is 250 g/mol. The largest absolute Gasteiger partial charge is 0.504 e. The number of hydrogen-bond donors (Lipinski definition) is 1. The predicted molar refractivity (Wildman–Crippen MR) is 65.9 cm³/mol. The Morgan fingerprint density at radius 3 is 2.94 bits per heavy atom. The van der Waals surface area contributed by atoms with Gasteiger partial charge in [0.1, 0.15) is 6.10 Å². The molecular formula is C14H18O4. The minimum Gasteiger partial charge on any atom is -0.504 e. The van der Waals surface area contributed by atoms with Crippen LogP contribution in [0.3, 0.4) is 0 Å². The maximum Gasteiger partial charge on any atom is 0.161 e. The van der Waals surface area contributed by atoms with E-state index < -0.39 is 0 Å². The first-order valence-electron chi connectivity index (χ1n) is 6.44. The van der Waals surface area contributed by atoms with E-state index in [-0.39, 0.29) is 17.5 Å². The Morgan fingerprint density at radius 2 is 2.17 bits per heavy atom. The van der Waals surface area contributed by atoms with Gasteiger partial charge in [-0.3, -0.25) is 0 Å². The first-order valence-corrected chi connectivity index (χ1v) is 6.44. The third-order valence-corrected chi connectivity index (χ3v) is 3.67. The van der Waals surface area contributed by atoms with E-state index in [0.29, 0.717) is 19.0 Å². The topological polar surface area (TPSA) is 47.9 Å². The maximum atomic E-state index is 9.72. The summed E-state index contributed by atoms with van der Waals surface area (Å²) in [6, 6.07) is 7.09. The number of phenolic OH excluding ortho intramolecular Hbond substituents is 1. The molecule has 2 aliphatic heterocycles. The minimum atomic E-state index is -0.159. The minimum absolute atomic E-state index is 0.0914. The van der Waals surface area contributed by atoms with E-state index in [1.807, 2.05) is 6.07 Å². The highest BCUT2D eigenvalue weighted by atomic mass is 16.6. The van der Waals surface area contributed by atoms with Crippen molar-refractivity contribution >= 4 is 0 Å². The molecule has 98 valence electrons. The summed E-state index contributed by atoms with van der Waals surface area (Å²) in [6.07, 6.45) is 2.72. The van der Waals surface area contributed by atoms with Crippen LogP contribution >= 0.6 is 0 Å². The summed E-state index contributed by atoms with van der Waals surface area (Å²) in [7, 11) is 0. The standard InChI is InChI=1S/C14H18O4/c15-12-3-1-2-4-13(12)18-11-5-7-17-14(9-11)6-8-16-10-14/h1-4,11,15H,5-10H2. The van der Waals surface area contributed by atoms with Crippen LogP contribution in [0.1, 0.15) is 19.3 Å². The van der Waals surface area contributed by atoms with E-state index in [0.717, 1.165) is 25.9 Å². The average molecular weight is 250 g/mol. The van der Waals surface area contributed by atoms with Crippen molar-refractivity contribution < 1.29 is 19.3 Å². The smallest absolute Gasteiger partial charge is 0.161 e. The Kier molecular flexibility index (Phi) is 3.14. The van der Waals surface area contributed by atoms with Gasteiger partial charge in [-0.25, -0.2) is 0 Å². The molecule has 0 saturated carbocycles. The molecule has 0 radical (unpaired) electrons. The molecule has 2 atom stereocenters. The first kappa shape index (κ1) is 11.8. The van der Waals surface area contributed by atoms with Gasteiger partial charge in [0, 0.05) is 25.9 Å². The molecule has 0 aliphatic carbocycles. The van der Waals surface area contributed by atoms with Gasteiger partial charge in [0.25, 0.3) is 0 Å². The molecule has 1 aromatic rings. The summed E-state index contributed by atoms with van der Waals surface area (Å²) >= 11 is 0. The molecule has 0 aromatic heterocycles. The number of hydrogen-bond acceptors (Lipinski definition) is 4. The van der Waals surface area contributed by atoms with Crippen LogP contribution in [0.2, 0.25) is 0 Å². The average Bonchev–Trinajstić information content (AvgIpc) is 2.80. The van der Waals surface area contributed by atoms with Crippen molar-refractivity contribution in [1.82, 2.24) is 0 Å². The fourth-order valence-corrected chi connectivity index (χ4v) is 2.68. The second kappa shape index (κ2) is 4.78. The summed E-state index contributed by atoms with van der Waals surface area (Å²) in [5.41, 5.74) is -0.159. The first-order chi connectivity index (χ1) is 8.77. The van der Waals surface area contributed by atoms with Gasteiger partial charge >= 0.3 is 0 Å². The van der Waals surface area contributed by atoms with E-state index in [1.54, 1.807) is 18.2 Å². The molecule has 1 aromatic carbocycles. The second-order valence-electron chi connectivity index (χ2n) is 5.03. The molecule has 4 nitrogen and oxygen atoms in total. The molecule has 18 heavy (non-hydrogen) atoms. The Balaban J connectivity index is 1.68. The van der Waals surface area contributed by atoms with E-state index in [9.17, 15) is 5.11 Å². The van der Waals surface area contributed by atoms with Crippen LogP contribution in [0, 0.1) is 0 Å². The van der Waals surface area contributed by atoms with Gasteiger partial charge < -0.3 is 19.3 Å². The van der Waals surface area contributed by atoms with Gasteiger partial charge in [-0.15, -0.1) is 0 Å². The van der Waals surface area contributed by atoms with E-state index in [1.165, 1.54) is 0 Å². The molecule has 0 bridgehead atoms. The second-order valence-corrected chi connectivity index (χ2v) is 5.03. The maximum absolute atomic E-state index is 9.72. The number of aromatic hydroxyl groups is 1. The van der Waals surface area contributed by atoms with Crippen LogP contribution in [0.15, 0.2) is 24.3 Å². The van der Waals surface area contributed by atoms with Crippen LogP contribution in [0.4, 0.5) is 0 Å². The van der Waals surface area contributed by atoms with Crippen LogP contribution < -0.4 is 4.74 Å². The van der Waals surface area contributed by atoms with Gasteiger partial charge in [-0.2, -0.15) is 0 Å². The molecule has 2 fully saturated rings. The Morgan fingerprint density at radius 1 is 1.28 bits per heavy atom. The van der Waals surface area contributed by atoms with Crippen molar-refractivity contribution in [3.05, 3.63) is 24.3 Å². The van der Waals surface area contributed by atoms with Crippen LogP contribution in [0.5, 0.6) is 11.5 Å². The lowest BCUT2D eigenvalue weighted by Gasteiger charge is -2.37. The zero-order chi connectivity index (χ0) is 12.4. The van der Waals surface area contributed by atoms with Crippen molar-refractivity contribution in [3.63, 3.8) is 0 Å². The molecule has 2 unspecified atom stereocenters. The lowest BCUT2D eigenvalue weighted by molar-refractivity contribution is -0.112. The molecule has 2 heterocycles. The van der Waals surface area contributed by atoms with E-state index in [2.05, 4.69) is 0 Å².